The maximum absolute atomic E-state index is 5.79. The van der Waals surface area contributed by atoms with Crippen LogP contribution in [-0.4, -0.2) is 33.3 Å². The standard InChI is InChI=1S/C21H29N3O2/c1-17(15-26-16-18-9-5-4-6-10-18)13-23-21(22-2)24-14-19-11-7-8-12-20(19)25-3/h4-12,17H,13-16H2,1-3H3,(H2,22,23,24). The van der Waals surface area contributed by atoms with Crippen LogP contribution < -0.4 is 15.4 Å². The minimum Gasteiger partial charge on any atom is -0.496 e. The van der Waals surface area contributed by atoms with E-state index < -0.39 is 0 Å². The highest BCUT2D eigenvalue weighted by atomic mass is 16.5. The van der Waals surface area contributed by atoms with Gasteiger partial charge in [0.2, 0.25) is 0 Å². The fourth-order valence-corrected chi connectivity index (χ4v) is 2.53. The summed E-state index contributed by atoms with van der Waals surface area (Å²) in [6, 6.07) is 18.2. The van der Waals surface area contributed by atoms with E-state index in [1.165, 1.54) is 5.56 Å². The van der Waals surface area contributed by atoms with Crippen molar-refractivity contribution in [3.63, 3.8) is 0 Å². The molecule has 0 amide bonds. The summed E-state index contributed by atoms with van der Waals surface area (Å²) in [6.07, 6.45) is 0. The van der Waals surface area contributed by atoms with Crippen molar-refractivity contribution in [2.75, 3.05) is 27.3 Å². The summed E-state index contributed by atoms with van der Waals surface area (Å²) >= 11 is 0. The second kappa shape index (κ2) is 11.2. The Hall–Kier alpha value is -2.53. The number of aliphatic imine (C=N–C) groups is 1. The highest BCUT2D eigenvalue weighted by Gasteiger charge is 2.06. The molecular formula is C21H29N3O2. The van der Waals surface area contributed by atoms with Crippen LogP contribution >= 0.6 is 0 Å². The lowest BCUT2D eigenvalue weighted by atomic mass is 10.2. The van der Waals surface area contributed by atoms with E-state index >= 15 is 0 Å². The average Bonchev–Trinajstić information content (AvgIpc) is 2.69. The van der Waals surface area contributed by atoms with Crippen LogP contribution in [0.3, 0.4) is 0 Å². The first kappa shape index (κ1) is 19.8. The van der Waals surface area contributed by atoms with Crippen molar-refractivity contribution in [2.24, 2.45) is 10.9 Å². The molecule has 2 aromatic rings. The van der Waals surface area contributed by atoms with Crippen LogP contribution in [0.15, 0.2) is 59.6 Å². The van der Waals surface area contributed by atoms with Gasteiger partial charge in [-0.05, 0) is 17.5 Å². The first-order valence-corrected chi connectivity index (χ1v) is 8.91. The summed E-state index contributed by atoms with van der Waals surface area (Å²) in [6.45, 7) is 4.95. The minimum atomic E-state index is 0.378. The molecule has 5 nitrogen and oxygen atoms in total. The van der Waals surface area contributed by atoms with E-state index in [1.54, 1.807) is 14.2 Å². The number of benzene rings is 2. The lowest BCUT2D eigenvalue weighted by Gasteiger charge is -2.17. The van der Waals surface area contributed by atoms with Crippen molar-refractivity contribution < 1.29 is 9.47 Å². The molecule has 0 aliphatic rings. The maximum atomic E-state index is 5.79. The van der Waals surface area contributed by atoms with Gasteiger partial charge in [0, 0.05) is 25.7 Å². The smallest absolute Gasteiger partial charge is 0.191 e. The number of hydrogen-bond acceptors (Lipinski definition) is 3. The Labute approximate surface area is 156 Å². The van der Waals surface area contributed by atoms with E-state index in [9.17, 15) is 0 Å². The average molecular weight is 355 g/mol. The van der Waals surface area contributed by atoms with Gasteiger partial charge < -0.3 is 20.1 Å². The van der Waals surface area contributed by atoms with Crippen LogP contribution in [0.4, 0.5) is 0 Å². The molecule has 2 N–H and O–H groups in total. The van der Waals surface area contributed by atoms with Crippen molar-refractivity contribution >= 4 is 5.96 Å². The summed E-state index contributed by atoms with van der Waals surface area (Å²) in [5.41, 5.74) is 2.29. The van der Waals surface area contributed by atoms with Crippen molar-refractivity contribution in [3.8, 4) is 5.75 Å². The highest BCUT2D eigenvalue weighted by Crippen LogP contribution is 2.16. The van der Waals surface area contributed by atoms with Gasteiger partial charge in [-0.3, -0.25) is 4.99 Å². The SMILES string of the molecule is CN=C(NCc1ccccc1OC)NCC(C)COCc1ccccc1. The third kappa shape index (κ3) is 6.76. The van der Waals surface area contributed by atoms with Crippen molar-refractivity contribution in [1.29, 1.82) is 0 Å². The number of nitrogens with zero attached hydrogens (tertiary/aromatic N) is 1. The van der Waals surface area contributed by atoms with Gasteiger partial charge in [-0.15, -0.1) is 0 Å². The van der Waals surface area contributed by atoms with Crippen LogP contribution in [0.25, 0.3) is 0 Å². The Morgan fingerprint density at radius 3 is 2.50 bits per heavy atom. The lowest BCUT2D eigenvalue weighted by molar-refractivity contribution is 0.0931. The molecule has 0 aliphatic carbocycles. The molecule has 2 aromatic carbocycles. The number of methoxy groups -OCH3 is 1. The quantitative estimate of drug-likeness (QED) is 0.536. The summed E-state index contributed by atoms with van der Waals surface area (Å²) in [4.78, 5) is 4.27. The molecule has 26 heavy (non-hydrogen) atoms. The van der Waals surface area contributed by atoms with E-state index in [0.717, 1.165) is 23.8 Å². The topological polar surface area (TPSA) is 54.9 Å². The van der Waals surface area contributed by atoms with Gasteiger partial charge in [-0.2, -0.15) is 0 Å². The minimum absolute atomic E-state index is 0.378. The monoisotopic (exact) mass is 355 g/mol. The molecule has 0 heterocycles. The van der Waals surface area contributed by atoms with E-state index in [-0.39, 0.29) is 0 Å². The van der Waals surface area contributed by atoms with Gasteiger partial charge in [0.25, 0.3) is 0 Å². The largest absolute Gasteiger partial charge is 0.496 e. The molecule has 0 saturated heterocycles. The normalized spacial score (nSPS) is 12.5. The predicted octanol–water partition coefficient (Wildman–Crippen LogP) is 3.21. The van der Waals surface area contributed by atoms with E-state index in [4.69, 9.17) is 9.47 Å². The van der Waals surface area contributed by atoms with Crippen LogP contribution in [0.1, 0.15) is 18.1 Å². The van der Waals surface area contributed by atoms with Crippen molar-refractivity contribution in [1.82, 2.24) is 10.6 Å². The number of ether oxygens (including phenoxy) is 2. The van der Waals surface area contributed by atoms with E-state index in [0.29, 0.717) is 25.7 Å². The first-order chi connectivity index (χ1) is 12.7. The van der Waals surface area contributed by atoms with E-state index in [1.807, 2.05) is 42.5 Å². The second-order valence-electron chi connectivity index (χ2n) is 6.22. The first-order valence-electron chi connectivity index (χ1n) is 8.91. The Morgan fingerprint density at radius 1 is 1.04 bits per heavy atom. The number of rotatable bonds is 9. The summed E-state index contributed by atoms with van der Waals surface area (Å²) in [5, 5.41) is 6.66. The fraction of sp³-hybridized carbons (Fsp3) is 0.381. The summed E-state index contributed by atoms with van der Waals surface area (Å²) in [5.74, 6) is 2.02. The molecule has 0 bridgehead atoms. The Kier molecular flexibility index (Phi) is 8.49. The predicted molar refractivity (Wildman–Crippen MR) is 106 cm³/mol. The van der Waals surface area contributed by atoms with E-state index in [2.05, 4.69) is 34.7 Å². The van der Waals surface area contributed by atoms with Gasteiger partial charge in [-0.25, -0.2) is 0 Å². The van der Waals surface area contributed by atoms with Gasteiger partial charge in [0.1, 0.15) is 5.75 Å². The molecule has 2 rings (SSSR count). The Morgan fingerprint density at radius 2 is 1.77 bits per heavy atom. The number of hydrogen-bond donors (Lipinski definition) is 2. The summed E-state index contributed by atoms with van der Waals surface area (Å²) in [7, 11) is 3.46. The molecule has 0 saturated carbocycles. The number of nitrogens with one attached hydrogen (secondary N) is 2. The molecule has 140 valence electrons. The van der Waals surface area contributed by atoms with Crippen molar-refractivity contribution in [3.05, 3.63) is 65.7 Å². The van der Waals surface area contributed by atoms with Gasteiger partial charge >= 0.3 is 0 Å². The highest BCUT2D eigenvalue weighted by molar-refractivity contribution is 5.79. The third-order valence-corrected chi connectivity index (χ3v) is 3.99. The molecule has 0 aromatic heterocycles. The lowest BCUT2D eigenvalue weighted by Crippen LogP contribution is -2.39. The third-order valence-electron chi connectivity index (χ3n) is 3.99. The fourth-order valence-electron chi connectivity index (χ4n) is 2.53. The van der Waals surface area contributed by atoms with Gasteiger partial charge in [0.05, 0.1) is 20.3 Å². The Balaban J connectivity index is 1.69. The van der Waals surface area contributed by atoms with Gasteiger partial charge in [-0.1, -0.05) is 55.5 Å². The van der Waals surface area contributed by atoms with Crippen LogP contribution in [0.2, 0.25) is 0 Å². The zero-order valence-electron chi connectivity index (χ0n) is 15.9. The number of para-hydroxylation sites is 1. The zero-order chi connectivity index (χ0) is 18.6. The van der Waals surface area contributed by atoms with Crippen molar-refractivity contribution in [2.45, 2.75) is 20.1 Å². The maximum Gasteiger partial charge on any atom is 0.191 e. The molecule has 0 spiro atoms. The summed E-state index contributed by atoms with van der Waals surface area (Å²) < 4.78 is 11.2. The van der Waals surface area contributed by atoms with Crippen LogP contribution in [0.5, 0.6) is 5.75 Å². The van der Waals surface area contributed by atoms with Crippen LogP contribution in [0, 0.1) is 5.92 Å². The molecule has 0 fully saturated rings. The van der Waals surface area contributed by atoms with Crippen LogP contribution in [-0.2, 0) is 17.9 Å². The molecule has 5 heteroatoms. The molecule has 0 aliphatic heterocycles. The zero-order valence-corrected chi connectivity index (χ0v) is 15.9. The molecular weight excluding hydrogens is 326 g/mol. The number of guanidine groups is 1. The molecule has 1 atom stereocenters. The molecule has 1 unspecified atom stereocenters. The second-order valence-corrected chi connectivity index (χ2v) is 6.22. The Bertz CT molecular complexity index is 674. The van der Waals surface area contributed by atoms with Gasteiger partial charge in [0.15, 0.2) is 5.96 Å². The molecule has 0 radical (unpaired) electrons.